The number of allylic oxidation sites excluding steroid dienone is 1. The molecule has 2 N–H and O–H groups in total. The lowest BCUT2D eigenvalue weighted by molar-refractivity contribution is -0.121. The number of hydrogen-bond acceptors (Lipinski definition) is 5. The Bertz CT molecular complexity index is 906. The molecule has 31 heavy (non-hydrogen) atoms. The average molecular weight is 452 g/mol. The Morgan fingerprint density at radius 1 is 1.26 bits per heavy atom. The van der Waals surface area contributed by atoms with Gasteiger partial charge in [-0.05, 0) is 36.5 Å². The number of hydrogen-bond donors (Lipinski definition) is 2. The molecule has 8 nitrogen and oxygen atoms in total. The van der Waals surface area contributed by atoms with Crippen molar-refractivity contribution in [2.24, 2.45) is 5.41 Å². The Kier molecular flexibility index (Phi) is 8.64. The first-order valence-electron chi connectivity index (χ1n) is 10.4. The summed E-state index contributed by atoms with van der Waals surface area (Å²) in [6, 6.07) is 6.63. The molecular weight excluding hydrogens is 418 g/mol. The molecule has 3 amide bonds. The van der Waals surface area contributed by atoms with Gasteiger partial charge in [-0.25, -0.2) is 17.9 Å². The van der Waals surface area contributed by atoms with E-state index in [-0.39, 0.29) is 29.5 Å². The van der Waals surface area contributed by atoms with Crippen LogP contribution in [0.5, 0.6) is 5.75 Å². The predicted molar refractivity (Wildman–Crippen MR) is 120 cm³/mol. The van der Waals surface area contributed by atoms with Gasteiger partial charge in [0.2, 0.25) is 15.9 Å². The maximum absolute atomic E-state index is 12.4. The molecule has 172 valence electrons. The van der Waals surface area contributed by atoms with Crippen LogP contribution in [-0.4, -0.2) is 50.7 Å². The maximum atomic E-state index is 12.4. The number of carbonyl (C=O) groups excluding carboxylic acids is 2. The quantitative estimate of drug-likeness (QED) is 0.532. The molecule has 1 aromatic carbocycles. The summed E-state index contributed by atoms with van der Waals surface area (Å²) in [5.74, 6) is 0.381. The lowest BCUT2D eigenvalue weighted by Crippen LogP contribution is -2.49. The second-order valence-electron chi connectivity index (χ2n) is 8.89. The van der Waals surface area contributed by atoms with Crippen LogP contribution in [0, 0.1) is 5.41 Å². The number of nitrogens with one attached hydrogen (secondary N) is 2. The Hall–Kier alpha value is -2.39. The summed E-state index contributed by atoms with van der Waals surface area (Å²) >= 11 is 0. The van der Waals surface area contributed by atoms with Crippen LogP contribution in [0.4, 0.5) is 4.79 Å². The Morgan fingerprint density at radius 2 is 2.00 bits per heavy atom. The van der Waals surface area contributed by atoms with E-state index in [0.717, 1.165) is 5.56 Å². The van der Waals surface area contributed by atoms with Crippen molar-refractivity contribution >= 4 is 22.0 Å². The van der Waals surface area contributed by atoms with Crippen molar-refractivity contribution in [3.63, 3.8) is 0 Å². The zero-order chi connectivity index (χ0) is 23.1. The number of imide groups is 1. The van der Waals surface area contributed by atoms with E-state index in [9.17, 15) is 18.0 Å². The average Bonchev–Trinajstić information content (AvgIpc) is 2.67. The molecule has 0 bridgehead atoms. The molecule has 0 radical (unpaired) electrons. The number of nitrogens with zero attached hydrogens (tertiary/aromatic N) is 1. The number of rotatable bonds is 10. The Balaban J connectivity index is 1.81. The molecule has 1 atom stereocenters. The third kappa shape index (κ3) is 9.10. The largest absolute Gasteiger partial charge is 0.493 e. The van der Waals surface area contributed by atoms with Crippen molar-refractivity contribution in [3.05, 3.63) is 42.0 Å². The summed E-state index contributed by atoms with van der Waals surface area (Å²) in [4.78, 5) is 24.3. The van der Waals surface area contributed by atoms with Gasteiger partial charge in [0.1, 0.15) is 5.75 Å². The van der Waals surface area contributed by atoms with Crippen molar-refractivity contribution < 1.29 is 22.7 Å². The summed E-state index contributed by atoms with van der Waals surface area (Å²) in [5.41, 5.74) is 0.863. The van der Waals surface area contributed by atoms with Crippen molar-refractivity contribution in [1.82, 2.24) is 14.9 Å². The van der Waals surface area contributed by atoms with Gasteiger partial charge in [-0.1, -0.05) is 45.1 Å². The van der Waals surface area contributed by atoms with Gasteiger partial charge in [-0.3, -0.25) is 10.1 Å². The Morgan fingerprint density at radius 3 is 2.68 bits per heavy atom. The molecule has 1 fully saturated rings. The van der Waals surface area contributed by atoms with Gasteiger partial charge in [0.25, 0.3) is 0 Å². The van der Waals surface area contributed by atoms with Gasteiger partial charge < -0.3 is 9.64 Å². The van der Waals surface area contributed by atoms with E-state index >= 15 is 0 Å². The summed E-state index contributed by atoms with van der Waals surface area (Å²) in [6.45, 7) is 9.33. The minimum atomic E-state index is -3.48. The van der Waals surface area contributed by atoms with Gasteiger partial charge in [0.05, 0.1) is 12.4 Å². The van der Waals surface area contributed by atoms with Crippen LogP contribution in [-0.2, 0) is 14.8 Å². The van der Waals surface area contributed by atoms with Crippen LogP contribution in [0.2, 0.25) is 0 Å². The molecule has 0 spiro atoms. The number of amides is 3. The monoisotopic (exact) mass is 451 g/mol. The number of benzene rings is 1. The van der Waals surface area contributed by atoms with Gasteiger partial charge in [-0.15, -0.1) is 0 Å². The molecule has 1 aromatic rings. The van der Waals surface area contributed by atoms with Crippen LogP contribution >= 0.6 is 0 Å². The van der Waals surface area contributed by atoms with Crippen LogP contribution in [0.15, 0.2) is 36.4 Å². The highest BCUT2D eigenvalue weighted by atomic mass is 32.2. The van der Waals surface area contributed by atoms with Crippen molar-refractivity contribution in [3.8, 4) is 5.75 Å². The first kappa shape index (κ1) is 24.9. The standard InChI is InChI=1S/C22H33N3O5S/c1-17(18-9-8-10-19(15-18)30-16-22(2,3)4)24-31(28,29)14-7-5-6-12-25-13-11-20(26)23-21(25)27/h5-6,8-10,15,17,24H,7,11-14,16H2,1-4H3,(H,23,26,27)/b6-5+/t17-/m1/s1. The molecule has 1 aliphatic heterocycles. The van der Waals surface area contributed by atoms with Crippen molar-refractivity contribution in [1.29, 1.82) is 0 Å². The van der Waals surface area contributed by atoms with E-state index in [1.807, 2.05) is 24.3 Å². The van der Waals surface area contributed by atoms with E-state index in [1.165, 1.54) is 4.90 Å². The lowest BCUT2D eigenvalue weighted by Gasteiger charge is -2.25. The number of urea groups is 1. The van der Waals surface area contributed by atoms with Crippen molar-refractivity contribution in [2.45, 2.75) is 46.6 Å². The SMILES string of the molecule is C[C@@H](NS(=O)(=O)CC/C=C/CN1CCC(=O)NC1=O)c1cccc(OCC(C)(C)C)c1. The molecule has 0 saturated carbocycles. The third-order valence-corrected chi connectivity index (χ3v) is 6.06. The Labute approximate surface area is 185 Å². The molecule has 0 unspecified atom stereocenters. The second kappa shape index (κ2) is 10.8. The highest BCUT2D eigenvalue weighted by Gasteiger charge is 2.21. The van der Waals surface area contributed by atoms with Crippen LogP contribution in [0.1, 0.15) is 52.1 Å². The van der Waals surface area contributed by atoms with Gasteiger partial charge >= 0.3 is 6.03 Å². The molecule has 2 rings (SSSR count). The minimum absolute atomic E-state index is 0.0337. The minimum Gasteiger partial charge on any atom is -0.493 e. The fraction of sp³-hybridized carbons (Fsp3) is 0.545. The van der Waals surface area contributed by atoms with Crippen LogP contribution in [0.25, 0.3) is 0 Å². The van der Waals surface area contributed by atoms with Crippen LogP contribution < -0.4 is 14.8 Å². The topological polar surface area (TPSA) is 105 Å². The number of ether oxygens (including phenoxy) is 1. The second-order valence-corrected chi connectivity index (χ2v) is 10.8. The zero-order valence-corrected chi connectivity index (χ0v) is 19.5. The van der Waals surface area contributed by atoms with E-state index < -0.39 is 16.1 Å². The summed E-state index contributed by atoms with van der Waals surface area (Å²) in [7, 11) is -3.48. The summed E-state index contributed by atoms with van der Waals surface area (Å²) < 4.78 is 33.3. The molecule has 1 saturated heterocycles. The fourth-order valence-electron chi connectivity index (χ4n) is 2.89. The van der Waals surface area contributed by atoms with E-state index in [0.29, 0.717) is 31.9 Å². The third-order valence-electron chi connectivity index (χ3n) is 4.57. The maximum Gasteiger partial charge on any atom is 0.324 e. The first-order chi connectivity index (χ1) is 14.5. The summed E-state index contributed by atoms with van der Waals surface area (Å²) in [5, 5.41) is 2.25. The molecular formula is C22H33N3O5S. The fourth-order valence-corrected chi connectivity index (χ4v) is 4.12. The number of sulfonamides is 1. The van der Waals surface area contributed by atoms with E-state index in [4.69, 9.17) is 4.74 Å². The highest BCUT2D eigenvalue weighted by molar-refractivity contribution is 7.89. The highest BCUT2D eigenvalue weighted by Crippen LogP contribution is 2.22. The summed E-state index contributed by atoms with van der Waals surface area (Å²) in [6.07, 6.45) is 4.07. The number of carbonyl (C=O) groups is 2. The van der Waals surface area contributed by atoms with Gasteiger partial charge in [0.15, 0.2) is 0 Å². The zero-order valence-electron chi connectivity index (χ0n) is 18.7. The molecule has 9 heteroatoms. The van der Waals surface area contributed by atoms with E-state index in [2.05, 4.69) is 30.8 Å². The van der Waals surface area contributed by atoms with Gasteiger partial charge in [-0.2, -0.15) is 0 Å². The first-order valence-corrected chi connectivity index (χ1v) is 12.1. The smallest absolute Gasteiger partial charge is 0.324 e. The predicted octanol–water partition coefficient (Wildman–Crippen LogP) is 2.98. The normalized spacial score (nSPS) is 16.5. The molecule has 0 aromatic heterocycles. The van der Waals surface area contributed by atoms with E-state index in [1.54, 1.807) is 19.1 Å². The van der Waals surface area contributed by atoms with Crippen molar-refractivity contribution in [2.75, 3.05) is 25.4 Å². The van der Waals surface area contributed by atoms with Crippen LogP contribution in [0.3, 0.4) is 0 Å². The molecule has 0 aliphatic carbocycles. The molecule has 1 aliphatic rings. The molecule has 1 heterocycles. The lowest BCUT2D eigenvalue weighted by atomic mass is 9.99. The van der Waals surface area contributed by atoms with Gasteiger partial charge in [0, 0.05) is 25.6 Å².